The Morgan fingerprint density at radius 1 is 1.05 bits per heavy atom. The summed E-state index contributed by atoms with van der Waals surface area (Å²) in [6, 6.07) is 15.2. The van der Waals surface area contributed by atoms with E-state index in [0.717, 1.165) is 12.0 Å². The summed E-state index contributed by atoms with van der Waals surface area (Å²) in [6.45, 7) is 2.01. The van der Waals surface area contributed by atoms with E-state index in [4.69, 9.17) is 32.4 Å². The highest BCUT2D eigenvalue weighted by atomic mass is 35.5. The smallest absolute Gasteiger partial charge is 0.294 e. The second kappa shape index (κ2) is 9.50. The van der Waals surface area contributed by atoms with Crippen LogP contribution in [0.3, 0.4) is 0 Å². The highest BCUT2D eigenvalue weighted by molar-refractivity contribution is 6.32. The third-order valence-electron chi connectivity index (χ3n) is 6.35. The standard InChI is InChI=1S/C28H21Cl2NO6/c1-3-14-4-7-18(8-5-14)31-24(15-6-9-20(32)19(30)11-15)23(26(34)28(31)35)25(33)21-12-16-10-17(29)13-22(36-2)27(16)37-21/h4-13,24,32,34H,3H2,1-2H3. The molecule has 7 nitrogen and oxygen atoms in total. The first kappa shape index (κ1) is 24.7. The molecule has 0 aliphatic carbocycles. The Morgan fingerprint density at radius 2 is 1.78 bits per heavy atom. The molecule has 1 amide bonds. The van der Waals surface area contributed by atoms with Gasteiger partial charge in [0.15, 0.2) is 22.9 Å². The molecule has 1 aliphatic heterocycles. The van der Waals surface area contributed by atoms with E-state index in [-0.39, 0.29) is 22.1 Å². The van der Waals surface area contributed by atoms with Crippen molar-refractivity contribution in [2.45, 2.75) is 19.4 Å². The summed E-state index contributed by atoms with van der Waals surface area (Å²) in [5.41, 5.74) is 2.07. The Labute approximate surface area is 222 Å². The number of ketones is 1. The number of hydrogen-bond donors (Lipinski definition) is 2. The van der Waals surface area contributed by atoms with Crippen molar-refractivity contribution < 1.29 is 29.0 Å². The number of aromatic hydroxyl groups is 1. The van der Waals surface area contributed by atoms with E-state index in [9.17, 15) is 19.8 Å². The van der Waals surface area contributed by atoms with Gasteiger partial charge in [-0.2, -0.15) is 0 Å². The number of phenolic OH excluding ortho intramolecular Hbond substituents is 1. The van der Waals surface area contributed by atoms with Crippen LogP contribution >= 0.6 is 23.2 Å². The lowest BCUT2D eigenvalue weighted by atomic mass is 9.94. The van der Waals surface area contributed by atoms with Gasteiger partial charge in [0, 0.05) is 22.2 Å². The Bertz CT molecular complexity index is 1590. The number of methoxy groups -OCH3 is 1. The van der Waals surface area contributed by atoms with Gasteiger partial charge < -0.3 is 19.4 Å². The molecule has 2 heterocycles. The van der Waals surface area contributed by atoms with Crippen molar-refractivity contribution in [2.24, 2.45) is 0 Å². The normalized spacial score (nSPS) is 15.6. The Balaban J connectivity index is 1.67. The van der Waals surface area contributed by atoms with Gasteiger partial charge in [0.2, 0.25) is 5.78 Å². The summed E-state index contributed by atoms with van der Waals surface area (Å²) in [4.78, 5) is 28.5. The lowest BCUT2D eigenvalue weighted by Gasteiger charge is -2.27. The number of carbonyl (C=O) groups is 2. The number of fused-ring (bicyclic) bond motifs is 1. The van der Waals surface area contributed by atoms with Gasteiger partial charge >= 0.3 is 0 Å². The van der Waals surface area contributed by atoms with Crippen molar-refractivity contribution in [3.8, 4) is 11.5 Å². The number of amides is 1. The molecule has 0 radical (unpaired) electrons. The molecule has 0 saturated carbocycles. The molecule has 1 atom stereocenters. The summed E-state index contributed by atoms with van der Waals surface area (Å²) in [5, 5.41) is 21.9. The minimum absolute atomic E-state index is 0.0348. The zero-order valence-corrected chi connectivity index (χ0v) is 21.3. The van der Waals surface area contributed by atoms with Crippen LogP contribution in [0.5, 0.6) is 11.5 Å². The number of hydrogen-bond acceptors (Lipinski definition) is 6. The molecule has 37 heavy (non-hydrogen) atoms. The molecule has 4 aromatic rings. The Morgan fingerprint density at radius 3 is 2.43 bits per heavy atom. The predicted molar refractivity (Wildman–Crippen MR) is 141 cm³/mol. The number of benzene rings is 3. The number of nitrogens with zero attached hydrogens (tertiary/aromatic N) is 1. The molecule has 1 aromatic heterocycles. The van der Waals surface area contributed by atoms with Gasteiger partial charge in [0.1, 0.15) is 5.75 Å². The zero-order chi connectivity index (χ0) is 26.4. The molecular formula is C28H21Cl2NO6. The van der Waals surface area contributed by atoms with Gasteiger partial charge in [-0.25, -0.2) is 0 Å². The third kappa shape index (κ3) is 4.20. The van der Waals surface area contributed by atoms with Crippen LogP contribution in [0.15, 0.2) is 76.4 Å². The van der Waals surface area contributed by atoms with Crippen molar-refractivity contribution in [3.63, 3.8) is 0 Å². The van der Waals surface area contributed by atoms with Gasteiger partial charge in [-0.15, -0.1) is 0 Å². The maximum absolute atomic E-state index is 13.8. The Kier molecular flexibility index (Phi) is 6.35. The predicted octanol–water partition coefficient (Wildman–Crippen LogP) is 6.80. The summed E-state index contributed by atoms with van der Waals surface area (Å²) in [6.07, 6.45) is 0.804. The van der Waals surface area contributed by atoms with E-state index in [0.29, 0.717) is 33.0 Å². The minimum Gasteiger partial charge on any atom is -0.506 e. The van der Waals surface area contributed by atoms with Gasteiger partial charge in [-0.05, 0) is 53.9 Å². The molecule has 0 fully saturated rings. The van der Waals surface area contributed by atoms with E-state index in [1.165, 1.54) is 30.2 Å². The van der Waals surface area contributed by atoms with Crippen molar-refractivity contribution in [1.29, 1.82) is 0 Å². The fourth-order valence-corrected chi connectivity index (χ4v) is 4.89. The lowest BCUT2D eigenvalue weighted by Crippen LogP contribution is -2.31. The summed E-state index contributed by atoms with van der Waals surface area (Å²) in [7, 11) is 1.45. The van der Waals surface area contributed by atoms with Crippen molar-refractivity contribution >= 4 is 51.5 Å². The third-order valence-corrected chi connectivity index (χ3v) is 6.87. The number of Topliss-reactive ketones (excluding diaryl/α,β-unsaturated/α-hetero) is 1. The van der Waals surface area contributed by atoms with E-state index >= 15 is 0 Å². The number of phenols is 1. The van der Waals surface area contributed by atoms with Crippen LogP contribution < -0.4 is 9.64 Å². The molecule has 1 unspecified atom stereocenters. The molecule has 188 valence electrons. The van der Waals surface area contributed by atoms with Gasteiger partial charge in [0.05, 0.1) is 23.7 Å². The average Bonchev–Trinajstić information content (AvgIpc) is 3.43. The molecule has 0 saturated heterocycles. The number of anilines is 1. The molecule has 0 spiro atoms. The fraction of sp³-hybridized carbons (Fsp3) is 0.143. The largest absolute Gasteiger partial charge is 0.506 e. The maximum atomic E-state index is 13.8. The number of aryl methyl sites for hydroxylation is 1. The van der Waals surface area contributed by atoms with E-state index in [2.05, 4.69) is 0 Å². The van der Waals surface area contributed by atoms with Crippen molar-refractivity contribution in [1.82, 2.24) is 0 Å². The second-order valence-electron chi connectivity index (χ2n) is 8.54. The van der Waals surface area contributed by atoms with Crippen molar-refractivity contribution in [3.05, 3.63) is 98.9 Å². The number of ether oxygens (including phenoxy) is 1. The molecule has 0 bridgehead atoms. The second-order valence-corrected chi connectivity index (χ2v) is 9.38. The highest BCUT2D eigenvalue weighted by Crippen LogP contribution is 2.44. The first-order chi connectivity index (χ1) is 17.7. The van der Waals surface area contributed by atoms with Crippen LogP contribution in [0.1, 0.15) is 34.6 Å². The maximum Gasteiger partial charge on any atom is 0.294 e. The summed E-state index contributed by atoms with van der Waals surface area (Å²) in [5.74, 6) is -2.08. The zero-order valence-electron chi connectivity index (χ0n) is 19.8. The van der Waals surface area contributed by atoms with E-state index < -0.39 is 23.5 Å². The number of aliphatic hydroxyl groups is 1. The Hall–Kier alpha value is -3.94. The van der Waals surface area contributed by atoms with E-state index in [1.54, 1.807) is 30.3 Å². The quantitative estimate of drug-likeness (QED) is 0.262. The number of rotatable bonds is 6. The van der Waals surface area contributed by atoms with Crippen molar-refractivity contribution in [2.75, 3.05) is 12.0 Å². The molecule has 2 N–H and O–H groups in total. The van der Waals surface area contributed by atoms with Gasteiger partial charge in [0.25, 0.3) is 5.91 Å². The van der Waals surface area contributed by atoms with Gasteiger partial charge in [-0.3, -0.25) is 14.5 Å². The summed E-state index contributed by atoms with van der Waals surface area (Å²) >= 11 is 12.3. The van der Waals surface area contributed by atoms with Gasteiger partial charge in [-0.1, -0.05) is 48.3 Å². The fourth-order valence-electron chi connectivity index (χ4n) is 4.49. The number of aliphatic hydroxyl groups excluding tert-OH is 1. The number of carbonyl (C=O) groups excluding carboxylic acids is 2. The van der Waals surface area contributed by atoms with Crippen LogP contribution in [-0.4, -0.2) is 29.0 Å². The summed E-state index contributed by atoms with van der Waals surface area (Å²) < 4.78 is 11.1. The monoisotopic (exact) mass is 537 g/mol. The van der Waals surface area contributed by atoms with Crippen LogP contribution in [0.4, 0.5) is 5.69 Å². The highest BCUT2D eigenvalue weighted by Gasteiger charge is 2.45. The molecule has 5 rings (SSSR count). The molecule has 9 heteroatoms. The first-order valence-electron chi connectivity index (χ1n) is 11.4. The SMILES string of the molecule is CCc1ccc(N2C(=O)C(O)=C(C(=O)c3cc4cc(Cl)cc(OC)c4o3)C2c2ccc(O)c(Cl)c2)cc1. The van der Waals surface area contributed by atoms with Crippen LogP contribution in [-0.2, 0) is 11.2 Å². The topological polar surface area (TPSA) is 100 Å². The lowest BCUT2D eigenvalue weighted by molar-refractivity contribution is -0.117. The molecule has 1 aliphatic rings. The average molecular weight is 538 g/mol. The minimum atomic E-state index is -1.04. The van der Waals surface area contributed by atoms with Crippen LogP contribution in [0.2, 0.25) is 10.0 Å². The molecular weight excluding hydrogens is 517 g/mol. The van der Waals surface area contributed by atoms with Crippen LogP contribution in [0.25, 0.3) is 11.0 Å². The number of furan rings is 1. The number of halogens is 2. The first-order valence-corrected chi connectivity index (χ1v) is 12.1. The van der Waals surface area contributed by atoms with E-state index in [1.807, 2.05) is 19.1 Å². The van der Waals surface area contributed by atoms with Crippen LogP contribution in [0, 0.1) is 0 Å². The molecule has 3 aromatic carbocycles.